The third-order valence-corrected chi connectivity index (χ3v) is 4.90. The van der Waals surface area contributed by atoms with Crippen LogP contribution in [0, 0.1) is 10.1 Å². The number of nitro groups is 1. The molecular weight excluding hydrogens is 402 g/mol. The van der Waals surface area contributed by atoms with Gasteiger partial charge in [0.25, 0.3) is 17.2 Å². The predicted octanol–water partition coefficient (Wildman–Crippen LogP) is 2.01. The molecule has 0 fully saturated rings. The fraction of sp³-hybridized carbons (Fsp3) is 0.222. The molecule has 0 aliphatic heterocycles. The first-order valence-electron chi connectivity index (χ1n) is 8.50. The third kappa shape index (κ3) is 3.38. The largest absolute Gasteiger partial charge is 0.332 e. The lowest BCUT2D eigenvalue weighted by molar-refractivity contribution is -0.384. The summed E-state index contributed by atoms with van der Waals surface area (Å²) >= 11 is 6.05. The highest BCUT2D eigenvalue weighted by molar-refractivity contribution is 6.34. The first kappa shape index (κ1) is 20.2. The number of aryl methyl sites for hydroxylation is 2. The minimum Gasteiger partial charge on any atom is -0.321 e. The number of benzene rings is 1. The van der Waals surface area contributed by atoms with Gasteiger partial charge in [-0.25, -0.2) is 9.78 Å². The number of halogens is 1. The van der Waals surface area contributed by atoms with E-state index in [1.165, 1.54) is 37.0 Å². The smallest absolute Gasteiger partial charge is 0.321 e. The van der Waals surface area contributed by atoms with Crippen LogP contribution in [0.15, 0.2) is 34.0 Å². The Hall–Kier alpha value is -3.53. The van der Waals surface area contributed by atoms with E-state index in [9.17, 15) is 24.5 Å². The second-order valence-corrected chi connectivity index (χ2v) is 6.70. The van der Waals surface area contributed by atoms with Crippen LogP contribution in [0.25, 0.3) is 11.0 Å². The second-order valence-electron chi connectivity index (χ2n) is 6.29. The number of carbonyl (C=O) groups excluding carboxylic acids is 1. The van der Waals surface area contributed by atoms with Crippen molar-refractivity contribution in [2.75, 3.05) is 5.32 Å². The molecule has 0 spiro atoms. The van der Waals surface area contributed by atoms with Crippen molar-refractivity contribution in [3.8, 4) is 0 Å². The van der Waals surface area contributed by atoms with E-state index in [1.54, 1.807) is 0 Å². The quantitative estimate of drug-likeness (QED) is 0.510. The van der Waals surface area contributed by atoms with E-state index in [-0.39, 0.29) is 33.0 Å². The number of hydrogen-bond donors (Lipinski definition) is 1. The summed E-state index contributed by atoms with van der Waals surface area (Å²) in [5.74, 6) is -0.725. The number of rotatable bonds is 4. The van der Waals surface area contributed by atoms with Crippen molar-refractivity contribution < 1.29 is 9.72 Å². The van der Waals surface area contributed by atoms with Crippen LogP contribution in [0.5, 0.6) is 0 Å². The Morgan fingerprint density at radius 3 is 2.59 bits per heavy atom. The number of non-ortho nitro benzene ring substituents is 1. The lowest BCUT2D eigenvalue weighted by Gasteiger charge is -2.15. The average Bonchev–Trinajstić information content (AvgIpc) is 2.70. The number of hydrogen-bond acceptors (Lipinski definition) is 6. The molecule has 0 saturated carbocycles. The minimum absolute atomic E-state index is 0.0183. The van der Waals surface area contributed by atoms with Crippen LogP contribution in [-0.4, -0.2) is 24.9 Å². The van der Waals surface area contributed by atoms with Gasteiger partial charge in [0.2, 0.25) is 0 Å². The summed E-state index contributed by atoms with van der Waals surface area (Å²) in [6.45, 7) is 1.81. The zero-order valence-electron chi connectivity index (χ0n) is 15.7. The molecule has 0 saturated heterocycles. The number of aromatic nitrogens is 3. The Morgan fingerprint density at radius 2 is 1.97 bits per heavy atom. The van der Waals surface area contributed by atoms with Gasteiger partial charge in [0.05, 0.1) is 21.2 Å². The summed E-state index contributed by atoms with van der Waals surface area (Å²) in [5, 5.41) is 13.7. The average molecular weight is 418 g/mol. The monoisotopic (exact) mass is 417 g/mol. The van der Waals surface area contributed by atoms with Gasteiger partial charge in [0.15, 0.2) is 5.65 Å². The molecule has 0 atom stereocenters. The Morgan fingerprint density at radius 1 is 1.28 bits per heavy atom. The number of nitro benzene ring substituents is 1. The van der Waals surface area contributed by atoms with Gasteiger partial charge in [-0.05, 0) is 18.1 Å². The summed E-state index contributed by atoms with van der Waals surface area (Å²) in [6, 6.07) is 3.49. The molecule has 0 unspecified atom stereocenters. The molecule has 3 rings (SSSR count). The SMILES string of the molecule is CCc1cnc2c(c1NC(=O)c1cc([N+](=O)[O-])ccc1Cl)c(=O)n(C)c(=O)n2C. The van der Waals surface area contributed by atoms with Crippen molar-refractivity contribution in [2.45, 2.75) is 13.3 Å². The Labute approximate surface area is 168 Å². The summed E-state index contributed by atoms with van der Waals surface area (Å²) in [5.41, 5.74) is -0.743. The number of nitrogens with one attached hydrogen (secondary N) is 1. The molecule has 1 aromatic carbocycles. The van der Waals surface area contributed by atoms with Gasteiger partial charge in [-0.15, -0.1) is 0 Å². The number of pyridine rings is 1. The molecule has 0 aliphatic carbocycles. The number of carbonyl (C=O) groups is 1. The van der Waals surface area contributed by atoms with Crippen LogP contribution in [0.3, 0.4) is 0 Å². The highest BCUT2D eigenvalue weighted by Crippen LogP contribution is 2.27. The highest BCUT2D eigenvalue weighted by Gasteiger charge is 2.21. The summed E-state index contributed by atoms with van der Waals surface area (Å²) in [6.07, 6.45) is 1.90. The van der Waals surface area contributed by atoms with Crippen molar-refractivity contribution >= 4 is 39.9 Å². The van der Waals surface area contributed by atoms with E-state index in [1.807, 2.05) is 6.92 Å². The molecule has 11 heteroatoms. The van der Waals surface area contributed by atoms with Crippen LogP contribution < -0.4 is 16.6 Å². The van der Waals surface area contributed by atoms with E-state index in [4.69, 9.17) is 11.6 Å². The van der Waals surface area contributed by atoms with E-state index >= 15 is 0 Å². The molecule has 1 N–H and O–H groups in total. The Bertz CT molecular complexity index is 1290. The molecule has 10 nitrogen and oxygen atoms in total. The first-order chi connectivity index (χ1) is 13.7. The third-order valence-electron chi connectivity index (χ3n) is 4.57. The van der Waals surface area contributed by atoms with Crippen molar-refractivity contribution in [2.24, 2.45) is 14.1 Å². The molecule has 0 radical (unpaired) electrons. The van der Waals surface area contributed by atoms with E-state index < -0.39 is 22.1 Å². The molecular formula is C18H16ClN5O5. The van der Waals surface area contributed by atoms with Crippen LogP contribution in [0.1, 0.15) is 22.8 Å². The Kier molecular flexibility index (Phi) is 5.21. The summed E-state index contributed by atoms with van der Waals surface area (Å²) in [4.78, 5) is 52.4. The van der Waals surface area contributed by atoms with Crippen LogP contribution in [0.2, 0.25) is 5.02 Å². The van der Waals surface area contributed by atoms with Crippen LogP contribution in [-0.2, 0) is 20.5 Å². The molecule has 3 aromatic rings. The normalized spacial score (nSPS) is 10.9. The zero-order valence-corrected chi connectivity index (χ0v) is 16.5. The van der Waals surface area contributed by atoms with Gasteiger partial charge in [-0.3, -0.25) is 28.8 Å². The molecule has 29 heavy (non-hydrogen) atoms. The number of anilines is 1. The van der Waals surface area contributed by atoms with E-state index in [0.29, 0.717) is 12.0 Å². The second kappa shape index (κ2) is 7.47. The fourth-order valence-corrected chi connectivity index (χ4v) is 3.16. The minimum atomic E-state index is -0.725. The number of amides is 1. The summed E-state index contributed by atoms with van der Waals surface area (Å²) in [7, 11) is 2.79. The first-order valence-corrected chi connectivity index (χ1v) is 8.88. The molecule has 2 aromatic heterocycles. The van der Waals surface area contributed by atoms with Gasteiger partial charge in [-0.2, -0.15) is 0 Å². The summed E-state index contributed by atoms with van der Waals surface area (Å²) < 4.78 is 2.12. The maximum Gasteiger partial charge on any atom is 0.332 e. The van der Waals surface area contributed by atoms with Crippen molar-refractivity contribution in [1.29, 1.82) is 0 Å². The highest BCUT2D eigenvalue weighted by atomic mass is 35.5. The number of nitrogens with zero attached hydrogens (tertiary/aromatic N) is 4. The van der Waals surface area contributed by atoms with Crippen molar-refractivity contribution in [3.63, 3.8) is 0 Å². The van der Waals surface area contributed by atoms with Crippen molar-refractivity contribution in [1.82, 2.24) is 14.1 Å². The van der Waals surface area contributed by atoms with E-state index in [0.717, 1.165) is 10.6 Å². The lowest BCUT2D eigenvalue weighted by Crippen LogP contribution is -2.38. The molecule has 2 heterocycles. The van der Waals surface area contributed by atoms with Gasteiger partial charge < -0.3 is 5.32 Å². The zero-order chi connectivity index (χ0) is 21.5. The van der Waals surface area contributed by atoms with E-state index in [2.05, 4.69) is 10.3 Å². The van der Waals surface area contributed by atoms with Gasteiger partial charge in [-0.1, -0.05) is 18.5 Å². The molecule has 1 amide bonds. The molecule has 0 bridgehead atoms. The standard InChI is InChI=1S/C18H16ClN5O5/c1-4-9-8-20-15-13(17(26)23(3)18(27)22(15)2)14(9)21-16(25)11-7-10(24(28)29)5-6-12(11)19/h5-8H,4H2,1-3H3,(H,20,21,25). The van der Waals surface area contributed by atoms with Crippen LogP contribution in [0.4, 0.5) is 11.4 Å². The van der Waals surface area contributed by atoms with Crippen molar-refractivity contribution in [3.05, 3.63) is 71.5 Å². The maximum absolute atomic E-state index is 12.9. The topological polar surface area (TPSA) is 129 Å². The fourth-order valence-electron chi connectivity index (χ4n) is 2.96. The lowest BCUT2D eigenvalue weighted by atomic mass is 10.1. The predicted molar refractivity (Wildman–Crippen MR) is 108 cm³/mol. The van der Waals surface area contributed by atoms with Gasteiger partial charge in [0, 0.05) is 32.4 Å². The van der Waals surface area contributed by atoms with Gasteiger partial charge >= 0.3 is 5.69 Å². The maximum atomic E-state index is 12.9. The van der Waals surface area contributed by atoms with Crippen LogP contribution >= 0.6 is 11.6 Å². The molecule has 150 valence electrons. The Balaban J connectivity index is 2.24. The number of fused-ring (bicyclic) bond motifs is 1. The molecule has 0 aliphatic rings. The van der Waals surface area contributed by atoms with Gasteiger partial charge in [0.1, 0.15) is 5.39 Å².